The molecule has 1 saturated heterocycles. The van der Waals surface area contributed by atoms with E-state index in [0.717, 1.165) is 41.5 Å². The van der Waals surface area contributed by atoms with Crippen LogP contribution in [0.25, 0.3) is 0 Å². The van der Waals surface area contributed by atoms with Gasteiger partial charge in [-0.1, -0.05) is 24.3 Å². The maximum Gasteiger partial charge on any atom is 0.195 e. The molecule has 5 heteroatoms. The predicted molar refractivity (Wildman–Crippen MR) is 108 cm³/mol. The maximum atomic E-state index is 12.8. The van der Waals surface area contributed by atoms with E-state index in [1.807, 2.05) is 55.5 Å². The number of para-hydroxylation sites is 1. The highest BCUT2D eigenvalue weighted by Gasteiger charge is 2.39. The van der Waals surface area contributed by atoms with Gasteiger partial charge in [-0.05, 0) is 80.3 Å². The Morgan fingerprint density at radius 1 is 1.11 bits per heavy atom. The quantitative estimate of drug-likeness (QED) is 0.553. The van der Waals surface area contributed by atoms with Gasteiger partial charge in [-0.2, -0.15) is 0 Å². The zero-order chi connectivity index (χ0) is 18.6. The van der Waals surface area contributed by atoms with Gasteiger partial charge in [0.1, 0.15) is 5.75 Å². The summed E-state index contributed by atoms with van der Waals surface area (Å²) in [6.07, 6.45) is 3.52. The van der Waals surface area contributed by atoms with Crippen molar-refractivity contribution in [2.75, 3.05) is 26.2 Å². The molecule has 2 aromatic rings. The minimum absolute atomic E-state index is 0.0906. The van der Waals surface area contributed by atoms with Crippen molar-refractivity contribution < 1.29 is 14.0 Å². The van der Waals surface area contributed by atoms with Gasteiger partial charge >= 0.3 is 0 Å². The summed E-state index contributed by atoms with van der Waals surface area (Å²) in [4.78, 5) is 3.30. The van der Waals surface area contributed by atoms with Crippen LogP contribution in [0.3, 0.4) is 0 Å². The molecule has 4 nitrogen and oxygen atoms in total. The van der Waals surface area contributed by atoms with Gasteiger partial charge in [0.15, 0.2) is 22.0 Å². The van der Waals surface area contributed by atoms with E-state index in [2.05, 4.69) is 4.90 Å². The van der Waals surface area contributed by atoms with Crippen LogP contribution in [0, 0.1) is 0 Å². The molecule has 0 N–H and O–H groups in total. The first kappa shape index (κ1) is 18.7. The van der Waals surface area contributed by atoms with Gasteiger partial charge < -0.3 is 18.9 Å². The van der Waals surface area contributed by atoms with Gasteiger partial charge in [-0.15, -0.1) is 0 Å². The molecule has 1 fully saturated rings. The Morgan fingerprint density at radius 3 is 2.63 bits per heavy atom. The van der Waals surface area contributed by atoms with Gasteiger partial charge in [0.05, 0.1) is 6.61 Å². The fraction of sp³-hybridized carbons (Fsp3) is 0.455. The van der Waals surface area contributed by atoms with Crippen molar-refractivity contribution in [2.24, 2.45) is 0 Å². The van der Waals surface area contributed by atoms with E-state index >= 15 is 0 Å². The molecule has 4 rings (SSSR count). The van der Waals surface area contributed by atoms with Crippen molar-refractivity contribution in [1.29, 1.82) is 0 Å². The summed E-state index contributed by atoms with van der Waals surface area (Å²) in [6.45, 7) is 6.32. The van der Waals surface area contributed by atoms with Crippen LogP contribution in [0.15, 0.2) is 53.4 Å². The largest absolute Gasteiger partial charge is 0.611 e. The molecule has 2 aromatic carbocycles. The topological polar surface area (TPSA) is 44.8 Å². The highest BCUT2D eigenvalue weighted by atomic mass is 32.2. The lowest BCUT2D eigenvalue weighted by molar-refractivity contribution is 0.188. The molecule has 0 bridgehead atoms. The third-order valence-corrected chi connectivity index (χ3v) is 7.07. The van der Waals surface area contributed by atoms with Crippen LogP contribution in [0.5, 0.6) is 11.5 Å². The molecule has 2 heterocycles. The molecular formula is C22H27NO3S. The highest BCUT2D eigenvalue weighted by molar-refractivity contribution is 7.92. The minimum atomic E-state index is -1.06. The molecule has 0 spiro atoms. The van der Waals surface area contributed by atoms with E-state index in [0.29, 0.717) is 0 Å². The Balaban J connectivity index is 1.34. The summed E-state index contributed by atoms with van der Waals surface area (Å²) < 4.78 is 24.8. The maximum absolute atomic E-state index is 12.8. The summed E-state index contributed by atoms with van der Waals surface area (Å²) in [7, 11) is 0. The third-order valence-electron chi connectivity index (χ3n) is 5.38. The van der Waals surface area contributed by atoms with Crippen molar-refractivity contribution in [1.82, 2.24) is 4.90 Å². The summed E-state index contributed by atoms with van der Waals surface area (Å²) in [5.74, 6) is 1.60. The first-order valence-corrected chi connectivity index (χ1v) is 11.0. The van der Waals surface area contributed by atoms with E-state index in [4.69, 9.17) is 9.47 Å². The highest BCUT2D eigenvalue weighted by Crippen LogP contribution is 2.40. The van der Waals surface area contributed by atoms with Gasteiger partial charge in [-0.25, -0.2) is 0 Å². The molecule has 27 heavy (non-hydrogen) atoms. The summed E-state index contributed by atoms with van der Waals surface area (Å²) in [5, 5.41) is -0.0906. The van der Waals surface area contributed by atoms with Gasteiger partial charge in [0, 0.05) is 6.54 Å². The Hall–Kier alpha value is -1.69. The molecule has 2 aliphatic rings. The number of ether oxygens (including phenoxy) is 2. The number of nitrogens with zero attached hydrogens (tertiary/aromatic N) is 1. The number of hydrogen-bond donors (Lipinski definition) is 0. The van der Waals surface area contributed by atoms with E-state index < -0.39 is 11.2 Å². The molecule has 0 aliphatic carbocycles. The lowest BCUT2D eigenvalue weighted by atomic mass is 10.1. The molecular weight excluding hydrogens is 358 g/mol. The summed E-state index contributed by atoms with van der Waals surface area (Å²) >= 11 is -1.06. The number of likely N-dealkylation sites (tertiary alicyclic amines) is 1. The zero-order valence-corrected chi connectivity index (χ0v) is 16.6. The van der Waals surface area contributed by atoms with Crippen molar-refractivity contribution >= 4 is 11.2 Å². The van der Waals surface area contributed by atoms with E-state index in [-0.39, 0.29) is 11.4 Å². The van der Waals surface area contributed by atoms with Crippen molar-refractivity contribution in [3.63, 3.8) is 0 Å². The van der Waals surface area contributed by atoms with Crippen LogP contribution >= 0.6 is 0 Å². The van der Waals surface area contributed by atoms with E-state index in [1.165, 1.54) is 25.9 Å². The standard InChI is InChI=1S/C22H27NO3S/c1-17-22(26-20-7-2-3-8-21(20)27(17)24)18-9-11-19(12-10-18)25-16-6-15-23-13-4-5-14-23/h2-3,7-12,17,22H,4-6,13-16H2,1H3. The fourth-order valence-electron chi connectivity index (χ4n) is 3.84. The van der Waals surface area contributed by atoms with Crippen molar-refractivity contribution in [3.05, 3.63) is 54.1 Å². The second-order valence-corrected chi connectivity index (χ2v) is 9.09. The van der Waals surface area contributed by atoms with Crippen molar-refractivity contribution in [2.45, 2.75) is 42.4 Å². The SMILES string of the molecule is CC1C(c2ccc(OCCCN3CCCC3)cc2)Oc2ccccc2[S+]1[O-]. The van der Waals surface area contributed by atoms with Crippen LogP contribution in [0.4, 0.5) is 0 Å². The number of benzene rings is 2. The average molecular weight is 386 g/mol. The minimum Gasteiger partial charge on any atom is -0.611 e. The van der Waals surface area contributed by atoms with Crippen LogP contribution in [0.2, 0.25) is 0 Å². The van der Waals surface area contributed by atoms with Crippen LogP contribution < -0.4 is 9.47 Å². The van der Waals surface area contributed by atoms with E-state index in [1.54, 1.807) is 0 Å². The summed E-state index contributed by atoms with van der Waals surface area (Å²) in [5.41, 5.74) is 1.04. The number of rotatable bonds is 6. The lowest BCUT2D eigenvalue weighted by Crippen LogP contribution is -2.33. The molecule has 0 saturated carbocycles. The van der Waals surface area contributed by atoms with Gasteiger partial charge in [0.2, 0.25) is 0 Å². The number of fused-ring (bicyclic) bond motifs is 1. The second kappa shape index (κ2) is 8.55. The first-order valence-electron chi connectivity index (χ1n) is 9.84. The smallest absolute Gasteiger partial charge is 0.195 e. The monoisotopic (exact) mass is 385 g/mol. The van der Waals surface area contributed by atoms with Gasteiger partial charge in [-0.3, -0.25) is 0 Å². The zero-order valence-electron chi connectivity index (χ0n) is 15.8. The van der Waals surface area contributed by atoms with Crippen molar-refractivity contribution in [3.8, 4) is 11.5 Å². The Labute approximate surface area is 164 Å². The third kappa shape index (κ3) is 4.26. The molecule has 0 amide bonds. The normalized spacial score (nSPS) is 25.0. The Morgan fingerprint density at radius 2 is 1.85 bits per heavy atom. The van der Waals surface area contributed by atoms with E-state index in [9.17, 15) is 4.55 Å². The Bertz CT molecular complexity index is 745. The van der Waals surface area contributed by atoms with Crippen LogP contribution in [-0.4, -0.2) is 40.9 Å². The molecule has 144 valence electrons. The lowest BCUT2D eigenvalue weighted by Gasteiger charge is -2.32. The molecule has 2 aliphatic heterocycles. The Kier molecular flexibility index (Phi) is 5.91. The predicted octanol–water partition coefficient (Wildman–Crippen LogP) is 4.18. The summed E-state index contributed by atoms with van der Waals surface area (Å²) in [6, 6.07) is 15.6. The first-order chi connectivity index (χ1) is 13.2. The number of hydrogen-bond acceptors (Lipinski definition) is 4. The average Bonchev–Trinajstić information content (AvgIpc) is 3.22. The van der Waals surface area contributed by atoms with Crippen LogP contribution in [-0.2, 0) is 11.2 Å². The molecule has 0 radical (unpaired) electrons. The molecule has 3 atom stereocenters. The van der Waals surface area contributed by atoms with Gasteiger partial charge in [0.25, 0.3) is 0 Å². The fourth-order valence-corrected chi connectivity index (χ4v) is 5.20. The molecule has 0 aromatic heterocycles. The second-order valence-electron chi connectivity index (χ2n) is 7.31. The van der Waals surface area contributed by atoms with Crippen LogP contribution in [0.1, 0.15) is 37.9 Å². The molecule has 3 unspecified atom stereocenters.